The highest BCUT2D eigenvalue weighted by Crippen LogP contribution is 2.32. The van der Waals surface area contributed by atoms with Gasteiger partial charge < -0.3 is 4.90 Å². The maximum atomic E-state index is 14.4. The minimum atomic E-state index is -3.97. The fraction of sp³-hybridized carbons (Fsp3) is 0.333. The summed E-state index contributed by atoms with van der Waals surface area (Å²) in [4.78, 5) is 4.64. The summed E-state index contributed by atoms with van der Waals surface area (Å²) in [5.74, 6) is 0. The Morgan fingerprint density at radius 1 is 0.761 bits per heavy atom. The first-order valence-corrected chi connectivity index (χ1v) is 18.4. The van der Waals surface area contributed by atoms with Gasteiger partial charge in [0.05, 0.1) is 9.79 Å². The zero-order valence-electron chi connectivity index (χ0n) is 27.2. The maximum absolute atomic E-state index is 14.4. The van der Waals surface area contributed by atoms with Gasteiger partial charge in [-0.05, 0) is 62.7 Å². The molecule has 0 N–H and O–H groups in total. The quantitative estimate of drug-likeness (QED) is 0.212. The summed E-state index contributed by atoms with van der Waals surface area (Å²) >= 11 is 0. The molecule has 246 valence electrons. The van der Waals surface area contributed by atoms with E-state index in [1.165, 1.54) is 8.61 Å². The molecule has 0 aromatic heterocycles. The van der Waals surface area contributed by atoms with Crippen LogP contribution in [-0.2, 0) is 20.0 Å². The van der Waals surface area contributed by atoms with Gasteiger partial charge in [0.2, 0.25) is 20.0 Å². The smallest absolute Gasteiger partial charge is 0.243 e. The number of nitrogens with zero attached hydrogens (tertiary/aromatic N) is 4. The summed E-state index contributed by atoms with van der Waals surface area (Å²) in [6.07, 6.45) is 10.7. The molecule has 1 heterocycles. The lowest BCUT2D eigenvalue weighted by Gasteiger charge is -2.30. The van der Waals surface area contributed by atoms with Crippen molar-refractivity contribution in [2.24, 2.45) is 0 Å². The Kier molecular flexibility index (Phi) is 12.2. The third-order valence-corrected chi connectivity index (χ3v) is 11.8. The van der Waals surface area contributed by atoms with Gasteiger partial charge in [0.15, 0.2) is 0 Å². The Bertz CT molecular complexity index is 1800. The van der Waals surface area contributed by atoms with Crippen LogP contribution in [0.3, 0.4) is 0 Å². The van der Waals surface area contributed by atoms with Gasteiger partial charge in [0, 0.05) is 63.3 Å². The first kappa shape index (κ1) is 35.3. The van der Waals surface area contributed by atoms with E-state index in [4.69, 9.17) is 0 Å². The van der Waals surface area contributed by atoms with Gasteiger partial charge in [0.25, 0.3) is 0 Å². The van der Waals surface area contributed by atoms with Gasteiger partial charge in [0.1, 0.15) is 0 Å². The van der Waals surface area contributed by atoms with E-state index >= 15 is 0 Å². The summed E-state index contributed by atoms with van der Waals surface area (Å²) in [5.41, 5.74) is 2.41. The number of hydrogen-bond donors (Lipinski definition) is 0. The number of sulfonamides is 2. The summed E-state index contributed by atoms with van der Waals surface area (Å²) in [7, 11) is -3.95. The fourth-order valence-corrected chi connectivity index (χ4v) is 8.87. The molecule has 0 unspecified atom stereocenters. The molecule has 0 atom stereocenters. The van der Waals surface area contributed by atoms with Crippen molar-refractivity contribution in [1.82, 2.24) is 13.5 Å². The largest absolute Gasteiger partial charge is 0.377 e. The van der Waals surface area contributed by atoms with Gasteiger partial charge in [-0.2, -0.15) is 8.61 Å². The number of rotatable bonds is 9. The molecular formula is C36H46N4O4S2. The summed E-state index contributed by atoms with van der Waals surface area (Å²) in [6.45, 7) is 12.4. The molecule has 3 aromatic rings. The first-order valence-electron chi connectivity index (χ1n) is 15.5. The van der Waals surface area contributed by atoms with Crippen LogP contribution in [0.15, 0.2) is 120 Å². The van der Waals surface area contributed by atoms with Gasteiger partial charge in [-0.15, -0.1) is 0 Å². The van der Waals surface area contributed by atoms with E-state index in [1.54, 1.807) is 42.5 Å². The normalized spacial score (nSPS) is 17.3. The summed E-state index contributed by atoms with van der Waals surface area (Å²) in [6, 6.07) is 17.9. The number of hydrogen-bond acceptors (Lipinski definition) is 6. The van der Waals surface area contributed by atoms with Crippen molar-refractivity contribution in [2.75, 3.05) is 64.8 Å². The second-order valence-corrected chi connectivity index (χ2v) is 15.7. The van der Waals surface area contributed by atoms with Crippen molar-refractivity contribution < 1.29 is 16.8 Å². The molecular weight excluding hydrogens is 617 g/mol. The third-order valence-electron chi connectivity index (χ3n) is 8.04. The molecule has 1 saturated heterocycles. The van der Waals surface area contributed by atoms with E-state index in [0.29, 0.717) is 43.4 Å². The summed E-state index contributed by atoms with van der Waals surface area (Å²) < 4.78 is 59.5. The third kappa shape index (κ3) is 8.63. The highest BCUT2D eigenvalue weighted by Gasteiger charge is 2.30. The van der Waals surface area contributed by atoms with Gasteiger partial charge in [-0.25, -0.2) is 16.8 Å². The van der Waals surface area contributed by atoms with E-state index in [1.807, 2.05) is 74.5 Å². The Hall–Kier alpha value is -3.54. The average Bonchev–Trinajstić information content (AvgIpc) is 3.02. The minimum Gasteiger partial charge on any atom is -0.377 e. The van der Waals surface area contributed by atoms with E-state index in [9.17, 15) is 16.8 Å². The van der Waals surface area contributed by atoms with E-state index in [-0.39, 0.29) is 36.0 Å². The number of anilines is 1. The van der Waals surface area contributed by atoms with Crippen LogP contribution in [0, 0.1) is 6.92 Å². The fourth-order valence-electron chi connectivity index (χ4n) is 5.66. The molecule has 0 saturated carbocycles. The molecule has 46 heavy (non-hydrogen) atoms. The molecule has 0 spiro atoms. The molecule has 10 heteroatoms. The molecule has 0 radical (unpaired) electrons. The van der Waals surface area contributed by atoms with Crippen molar-refractivity contribution >= 4 is 36.5 Å². The minimum absolute atomic E-state index is 0.0122. The van der Waals surface area contributed by atoms with Crippen molar-refractivity contribution in [3.63, 3.8) is 0 Å². The van der Waals surface area contributed by atoms with Crippen LogP contribution in [0.1, 0.15) is 18.4 Å². The number of fused-ring (bicyclic) bond motifs is 1. The van der Waals surface area contributed by atoms with Crippen LogP contribution in [0.4, 0.5) is 5.69 Å². The number of allylic oxidation sites excluding steroid dienone is 4. The predicted octanol–water partition coefficient (Wildman–Crippen LogP) is 5.85. The van der Waals surface area contributed by atoms with Crippen molar-refractivity contribution in [3.05, 3.63) is 115 Å². The standard InChI is InChI=1S/C36H46N4O4S2/c1-6-7-8-9-10-23-38-24-13-26-39(45(41,42)32-21-19-30(2)20-22-32)28-31(3)29-40(27-14-25-38)46(43,44)36-18-12-15-33-34(36)16-11-17-35(33)37(4)5/h6-12,15-22H,1,3,13-14,23-29H2,2,4-5H3/b8-7-,10-9+. The lowest BCUT2D eigenvalue weighted by atomic mass is 10.1. The second kappa shape index (κ2) is 15.8. The number of aryl methyl sites for hydroxylation is 1. The zero-order valence-corrected chi connectivity index (χ0v) is 28.8. The molecule has 3 aromatic carbocycles. The molecule has 8 nitrogen and oxygen atoms in total. The van der Waals surface area contributed by atoms with Crippen LogP contribution < -0.4 is 4.90 Å². The molecule has 0 aliphatic carbocycles. The van der Waals surface area contributed by atoms with Crippen molar-refractivity contribution in [2.45, 2.75) is 29.6 Å². The molecule has 1 aliphatic rings. The molecule has 1 aliphatic heterocycles. The maximum Gasteiger partial charge on any atom is 0.243 e. The Morgan fingerprint density at radius 3 is 2.00 bits per heavy atom. The Labute approximate surface area is 275 Å². The van der Waals surface area contributed by atoms with Gasteiger partial charge in [-0.3, -0.25) is 4.90 Å². The lowest BCUT2D eigenvalue weighted by Crippen LogP contribution is -2.41. The Balaban J connectivity index is 1.70. The average molecular weight is 663 g/mol. The highest BCUT2D eigenvalue weighted by molar-refractivity contribution is 7.89. The zero-order chi connectivity index (χ0) is 33.3. The molecule has 0 bridgehead atoms. The Morgan fingerprint density at radius 2 is 1.37 bits per heavy atom. The van der Waals surface area contributed by atoms with Gasteiger partial charge in [-0.1, -0.05) is 85.5 Å². The van der Waals surface area contributed by atoms with E-state index in [0.717, 1.165) is 16.6 Å². The topological polar surface area (TPSA) is 81.2 Å². The van der Waals surface area contributed by atoms with Crippen LogP contribution in [-0.4, -0.2) is 90.3 Å². The number of benzene rings is 3. The predicted molar refractivity (Wildman–Crippen MR) is 190 cm³/mol. The summed E-state index contributed by atoms with van der Waals surface area (Å²) in [5, 5.41) is 1.49. The molecule has 1 fully saturated rings. The van der Waals surface area contributed by atoms with Crippen molar-refractivity contribution in [1.29, 1.82) is 0 Å². The highest BCUT2D eigenvalue weighted by atomic mass is 32.2. The van der Waals surface area contributed by atoms with Crippen LogP contribution >= 0.6 is 0 Å². The monoisotopic (exact) mass is 662 g/mol. The van der Waals surface area contributed by atoms with Crippen LogP contribution in [0.5, 0.6) is 0 Å². The van der Waals surface area contributed by atoms with Crippen molar-refractivity contribution in [3.8, 4) is 0 Å². The lowest BCUT2D eigenvalue weighted by molar-refractivity contribution is 0.265. The molecule has 0 amide bonds. The van der Waals surface area contributed by atoms with Crippen LogP contribution in [0.25, 0.3) is 10.8 Å². The van der Waals surface area contributed by atoms with Gasteiger partial charge >= 0.3 is 0 Å². The first-order chi connectivity index (χ1) is 21.9. The second-order valence-electron chi connectivity index (χ2n) is 11.8. The molecule has 4 rings (SSSR count). The van der Waals surface area contributed by atoms with Crippen LogP contribution in [0.2, 0.25) is 0 Å². The van der Waals surface area contributed by atoms with E-state index in [2.05, 4.69) is 18.1 Å². The SMILES string of the molecule is C=C/C=C\C=C\CN1CCCN(S(=O)(=O)c2ccc(C)cc2)CC(=C)CN(S(=O)(=O)c2cccc3c(N(C)C)cccc23)CCC1. The van der Waals surface area contributed by atoms with E-state index < -0.39 is 20.0 Å².